The van der Waals surface area contributed by atoms with Crippen LogP contribution in [0.15, 0.2) is 42.9 Å². The SMILES string of the molecule is Cc1nn(C)cc1-c1cc2ncnc(N3CCN(C(=O)N[C@H](C)c4ccc(F)cc4)[C@H](C)C3)c2s1. The van der Waals surface area contributed by atoms with Crippen LogP contribution in [0.3, 0.4) is 0 Å². The number of anilines is 1. The van der Waals surface area contributed by atoms with Gasteiger partial charge in [0.15, 0.2) is 0 Å². The maximum absolute atomic E-state index is 13.2. The molecule has 1 aliphatic rings. The molecule has 4 heterocycles. The van der Waals surface area contributed by atoms with Crippen LogP contribution in [0, 0.1) is 12.7 Å². The highest BCUT2D eigenvalue weighted by atomic mass is 32.1. The van der Waals surface area contributed by atoms with E-state index in [1.54, 1.807) is 29.8 Å². The Morgan fingerprint density at radius 3 is 2.69 bits per heavy atom. The molecule has 8 nitrogen and oxygen atoms in total. The molecule has 2 amide bonds. The third-order valence-corrected chi connectivity index (χ3v) is 7.62. The number of urea groups is 1. The van der Waals surface area contributed by atoms with E-state index in [0.29, 0.717) is 19.6 Å². The minimum absolute atomic E-state index is 0.00539. The second-order valence-electron chi connectivity index (χ2n) is 9.04. The van der Waals surface area contributed by atoms with Crippen LogP contribution in [-0.2, 0) is 7.05 Å². The maximum atomic E-state index is 13.2. The Morgan fingerprint density at radius 2 is 2.00 bits per heavy atom. The van der Waals surface area contributed by atoms with E-state index in [1.807, 2.05) is 43.6 Å². The molecule has 0 radical (unpaired) electrons. The van der Waals surface area contributed by atoms with Crippen molar-refractivity contribution < 1.29 is 9.18 Å². The topological polar surface area (TPSA) is 79.2 Å². The van der Waals surface area contributed by atoms with Crippen LogP contribution >= 0.6 is 11.3 Å². The molecule has 0 aliphatic carbocycles. The summed E-state index contributed by atoms with van der Waals surface area (Å²) < 4.78 is 16.1. The highest BCUT2D eigenvalue weighted by molar-refractivity contribution is 7.22. The average molecular weight is 494 g/mol. The number of halogens is 1. The van der Waals surface area contributed by atoms with Gasteiger partial charge in [0.05, 0.1) is 22.0 Å². The van der Waals surface area contributed by atoms with Crippen molar-refractivity contribution in [1.82, 2.24) is 30.0 Å². The number of rotatable bonds is 4. The van der Waals surface area contributed by atoms with Gasteiger partial charge in [0.1, 0.15) is 18.0 Å². The molecule has 1 saturated heterocycles. The van der Waals surface area contributed by atoms with Crippen LogP contribution in [0.5, 0.6) is 0 Å². The van der Waals surface area contributed by atoms with Crippen LogP contribution in [0.25, 0.3) is 20.7 Å². The van der Waals surface area contributed by atoms with Crippen molar-refractivity contribution in [2.24, 2.45) is 7.05 Å². The molecule has 0 unspecified atom stereocenters. The first-order valence-corrected chi connectivity index (χ1v) is 12.4. The Bertz CT molecular complexity index is 1370. The van der Waals surface area contributed by atoms with E-state index in [2.05, 4.69) is 31.3 Å². The summed E-state index contributed by atoms with van der Waals surface area (Å²) >= 11 is 1.67. The van der Waals surface area contributed by atoms with E-state index in [-0.39, 0.29) is 23.9 Å². The molecular weight excluding hydrogens is 465 g/mol. The number of carbonyl (C=O) groups is 1. The zero-order valence-corrected chi connectivity index (χ0v) is 21.0. The number of amides is 2. The van der Waals surface area contributed by atoms with Crippen molar-refractivity contribution in [3.05, 3.63) is 59.9 Å². The Balaban J connectivity index is 1.31. The van der Waals surface area contributed by atoms with Crippen molar-refractivity contribution >= 4 is 33.4 Å². The number of carbonyl (C=O) groups excluding carboxylic acids is 1. The van der Waals surface area contributed by atoms with Gasteiger partial charge in [-0.2, -0.15) is 5.10 Å². The lowest BCUT2D eigenvalue weighted by atomic mass is 10.1. The Kier molecular flexibility index (Phi) is 6.14. The van der Waals surface area contributed by atoms with Gasteiger partial charge >= 0.3 is 6.03 Å². The number of hydrogen-bond acceptors (Lipinski definition) is 6. The van der Waals surface area contributed by atoms with Gasteiger partial charge in [0.25, 0.3) is 0 Å². The second kappa shape index (κ2) is 9.26. The van der Waals surface area contributed by atoms with Crippen LogP contribution in [-0.4, -0.2) is 56.4 Å². The van der Waals surface area contributed by atoms with Crippen LogP contribution in [0.4, 0.5) is 15.0 Å². The predicted octanol–water partition coefficient (Wildman–Crippen LogP) is 4.52. The fraction of sp³-hybridized carbons (Fsp3) is 0.360. The average Bonchev–Trinajstić information content (AvgIpc) is 3.41. The molecule has 182 valence electrons. The molecule has 1 fully saturated rings. The van der Waals surface area contributed by atoms with Gasteiger partial charge in [-0.15, -0.1) is 11.3 Å². The van der Waals surface area contributed by atoms with Gasteiger partial charge in [0, 0.05) is 49.4 Å². The summed E-state index contributed by atoms with van der Waals surface area (Å²) in [7, 11) is 1.92. The van der Waals surface area contributed by atoms with E-state index < -0.39 is 0 Å². The van der Waals surface area contributed by atoms with E-state index in [4.69, 9.17) is 0 Å². The number of aryl methyl sites for hydroxylation is 2. The third kappa shape index (κ3) is 4.58. The van der Waals surface area contributed by atoms with Crippen LogP contribution < -0.4 is 10.2 Å². The monoisotopic (exact) mass is 493 g/mol. The number of benzene rings is 1. The zero-order valence-electron chi connectivity index (χ0n) is 20.2. The lowest BCUT2D eigenvalue weighted by Crippen LogP contribution is -2.57. The first kappa shape index (κ1) is 23.2. The molecule has 4 aromatic rings. The minimum atomic E-state index is -0.288. The Hall–Kier alpha value is -3.53. The van der Waals surface area contributed by atoms with Crippen molar-refractivity contribution in [2.75, 3.05) is 24.5 Å². The summed E-state index contributed by atoms with van der Waals surface area (Å²) in [6.45, 7) is 7.88. The summed E-state index contributed by atoms with van der Waals surface area (Å²) in [5, 5.41) is 7.51. The van der Waals surface area contributed by atoms with Gasteiger partial charge in [-0.3, -0.25) is 4.68 Å². The number of thiophene rings is 1. The molecule has 35 heavy (non-hydrogen) atoms. The maximum Gasteiger partial charge on any atom is 0.318 e. The normalized spacial score (nSPS) is 17.1. The van der Waals surface area contributed by atoms with Gasteiger partial charge in [0.2, 0.25) is 0 Å². The zero-order chi connectivity index (χ0) is 24.7. The van der Waals surface area contributed by atoms with Crippen molar-refractivity contribution in [1.29, 1.82) is 0 Å². The predicted molar refractivity (Wildman–Crippen MR) is 136 cm³/mol. The summed E-state index contributed by atoms with van der Waals surface area (Å²) in [5.74, 6) is 0.615. The van der Waals surface area contributed by atoms with E-state index in [1.165, 1.54) is 12.1 Å². The molecule has 0 bridgehead atoms. The molecule has 2 atom stereocenters. The number of nitrogens with one attached hydrogen (secondary N) is 1. The van der Waals surface area contributed by atoms with Crippen molar-refractivity contribution in [3.63, 3.8) is 0 Å². The highest BCUT2D eigenvalue weighted by Crippen LogP contribution is 2.38. The lowest BCUT2D eigenvalue weighted by Gasteiger charge is -2.40. The Morgan fingerprint density at radius 1 is 1.23 bits per heavy atom. The van der Waals surface area contributed by atoms with Crippen LogP contribution in [0.1, 0.15) is 31.1 Å². The van der Waals surface area contributed by atoms with E-state index in [9.17, 15) is 9.18 Å². The molecule has 3 aromatic heterocycles. The van der Waals surface area contributed by atoms with Gasteiger partial charge < -0.3 is 15.1 Å². The first-order valence-electron chi connectivity index (χ1n) is 11.6. The molecule has 1 N–H and O–H groups in total. The number of fused-ring (bicyclic) bond motifs is 1. The fourth-order valence-corrected chi connectivity index (χ4v) is 5.79. The van der Waals surface area contributed by atoms with E-state index in [0.717, 1.165) is 37.7 Å². The molecule has 1 aliphatic heterocycles. The van der Waals surface area contributed by atoms with Crippen molar-refractivity contribution in [2.45, 2.75) is 32.9 Å². The highest BCUT2D eigenvalue weighted by Gasteiger charge is 2.30. The fourth-order valence-electron chi connectivity index (χ4n) is 4.60. The molecule has 1 aromatic carbocycles. The summed E-state index contributed by atoms with van der Waals surface area (Å²) in [6.07, 6.45) is 3.64. The van der Waals surface area contributed by atoms with E-state index >= 15 is 0 Å². The smallest absolute Gasteiger partial charge is 0.318 e. The summed E-state index contributed by atoms with van der Waals surface area (Å²) in [4.78, 5) is 27.3. The largest absolute Gasteiger partial charge is 0.351 e. The van der Waals surface area contributed by atoms with Crippen molar-refractivity contribution in [3.8, 4) is 10.4 Å². The van der Waals surface area contributed by atoms with Gasteiger partial charge in [-0.1, -0.05) is 12.1 Å². The molecular formula is C25H28FN7OS. The summed E-state index contributed by atoms with van der Waals surface area (Å²) in [6, 6.07) is 7.98. The van der Waals surface area contributed by atoms with Crippen LogP contribution in [0.2, 0.25) is 0 Å². The third-order valence-electron chi connectivity index (χ3n) is 6.47. The molecule has 5 rings (SSSR count). The quantitative estimate of drug-likeness (QED) is 0.452. The lowest BCUT2D eigenvalue weighted by molar-refractivity contribution is 0.168. The van der Waals surface area contributed by atoms with Gasteiger partial charge in [-0.05, 0) is 44.5 Å². The standard InChI is InChI=1S/C25H28FN7OS/c1-15-12-32(9-10-33(15)25(34)29-16(2)18-5-7-19(26)8-6-18)24-23-21(27-14-28-24)11-22(35-23)20-13-31(4)30-17(20)3/h5-8,11,13-16H,9-10,12H2,1-4H3,(H,29,34)/t15-,16-/m1/s1. The number of piperazine rings is 1. The van der Waals surface area contributed by atoms with Gasteiger partial charge in [-0.25, -0.2) is 19.2 Å². The number of hydrogen-bond donors (Lipinski definition) is 1. The molecule has 0 saturated carbocycles. The minimum Gasteiger partial charge on any atom is -0.351 e. The number of nitrogens with zero attached hydrogens (tertiary/aromatic N) is 6. The second-order valence-corrected chi connectivity index (χ2v) is 10.1. The molecule has 0 spiro atoms. The first-order chi connectivity index (χ1) is 16.8. The summed E-state index contributed by atoms with van der Waals surface area (Å²) in [5.41, 5.74) is 3.87. The molecule has 10 heteroatoms. The number of aromatic nitrogens is 4. The Labute approximate surface area is 207 Å².